The summed E-state index contributed by atoms with van der Waals surface area (Å²) in [6.45, 7) is 4.32. The first-order chi connectivity index (χ1) is 8.16. The molecular formula is C15H22BrN. The second-order valence-electron chi connectivity index (χ2n) is 5.26. The Labute approximate surface area is 113 Å². The fourth-order valence-electron chi connectivity index (χ4n) is 2.69. The molecule has 0 spiro atoms. The number of aryl methyl sites for hydroxylation is 2. The molecule has 1 nitrogen and oxygen atoms in total. The van der Waals surface area contributed by atoms with E-state index < -0.39 is 0 Å². The van der Waals surface area contributed by atoms with Crippen molar-refractivity contribution in [1.29, 1.82) is 0 Å². The molecule has 0 heterocycles. The summed E-state index contributed by atoms with van der Waals surface area (Å²) in [6.07, 6.45) is 8.24. The van der Waals surface area contributed by atoms with Crippen molar-refractivity contribution >= 4 is 21.6 Å². The van der Waals surface area contributed by atoms with Crippen molar-refractivity contribution in [3.8, 4) is 0 Å². The summed E-state index contributed by atoms with van der Waals surface area (Å²) in [5.41, 5.74) is 3.93. The van der Waals surface area contributed by atoms with Crippen molar-refractivity contribution < 1.29 is 0 Å². The van der Waals surface area contributed by atoms with Gasteiger partial charge >= 0.3 is 0 Å². The van der Waals surface area contributed by atoms with Crippen LogP contribution in [0.25, 0.3) is 0 Å². The van der Waals surface area contributed by atoms with Crippen LogP contribution in [0.2, 0.25) is 0 Å². The minimum absolute atomic E-state index is 0.678. The minimum atomic E-state index is 0.678. The largest absolute Gasteiger partial charge is 0.382 e. The molecule has 1 N–H and O–H groups in total. The predicted molar refractivity (Wildman–Crippen MR) is 78.7 cm³/mol. The normalized spacial score (nSPS) is 17.8. The first-order valence-corrected chi connectivity index (χ1v) is 7.49. The van der Waals surface area contributed by atoms with Gasteiger partial charge in [-0.05, 0) is 49.9 Å². The van der Waals surface area contributed by atoms with Gasteiger partial charge in [0.2, 0.25) is 0 Å². The number of benzene rings is 1. The Kier molecular flexibility index (Phi) is 4.49. The lowest BCUT2D eigenvalue weighted by atomic mass is 10.1. The molecule has 0 amide bonds. The van der Waals surface area contributed by atoms with Crippen LogP contribution >= 0.6 is 15.9 Å². The molecule has 0 aromatic heterocycles. The van der Waals surface area contributed by atoms with Crippen molar-refractivity contribution in [2.45, 2.75) is 58.4 Å². The van der Waals surface area contributed by atoms with Gasteiger partial charge in [-0.3, -0.25) is 0 Å². The van der Waals surface area contributed by atoms with Gasteiger partial charge in [-0.25, -0.2) is 0 Å². The van der Waals surface area contributed by atoms with E-state index in [9.17, 15) is 0 Å². The van der Waals surface area contributed by atoms with E-state index in [-0.39, 0.29) is 0 Å². The van der Waals surface area contributed by atoms with Gasteiger partial charge in [0.15, 0.2) is 0 Å². The standard InChI is InChI=1S/C15H22BrN/c1-11-9-14(10-12(2)15(11)16)17-13-7-5-3-4-6-8-13/h9-10,13,17H,3-8H2,1-2H3. The number of hydrogen-bond donors (Lipinski definition) is 1. The van der Waals surface area contributed by atoms with Gasteiger partial charge in [0.05, 0.1) is 0 Å². The molecule has 17 heavy (non-hydrogen) atoms. The highest BCUT2D eigenvalue weighted by Crippen LogP contribution is 2.27. The van der Waals surface area contributed by atoms with Crippen LogP contribution in [0, 0.1) is 13.8 Å². The van der Waals surface area contributed by atoms with Crippen molar-refractivity contribution in [2.75, 3.05) is 5.32 Å². The van der Waals surface area contributed by atoms with Crippen LogP contribution < -0.4 is 5.32 Å². The number of hydrogen-bond acceptors (Lipinski definition) is 1. The Morgan fingerprint density at radius 2 is 1.53 bits per heavy atom. The summed E-state index contributed by atoms with van der Waals surface area (Å²) in [7, 11) is 0. The van der Waals surface area contributed by atoms with Crippen LogP contribution in [0.3, 0.4) is 0 Å². The smallest absolute Gasteiger partial charge is 0.0348 e. The molecule has 0 saturated heterocycles. The monoisotopic (exact) mass is 295 g/mol. The number of nitrogens with one attached hydrogen (secondary N) is 1. The highest BCUT2D eigenvalue weighted by Gasteiger charge is 2.12. The van der Waals surface area contributed by atoms with E-state index in [4.69, 9.17) is 0 Å². The van der Waals surface area contributed by atoms with E-state index in [2.05, 4.69) is 47.2 Å². The summed E-state index contributed by atoms with van der Waals surface area (Å²) in [6, 6.07) is 5.18. The van der Waals surface area contributed by atoms with Gasteiger partial charge in [0.25, 0.3) is 0 Å². The average molecular weight is 296 g/mol. The first-order valence-electron chi connectivity index (χ1n) is 6.70. The van der Waals surface area contributed by atoms with Crippen LogP contribution in [-0.4, -0.2) is 6.04 Å². The maximum atomic E-state index is 3.71. The van der Waals surface area contributed by atoms with E-state index in [1.54, 1.807) is 0 Å². The van der Waals surface area contributed by atoms with E-state index in [1.807, 2.05) is 0 Å². The Balaban J connectivity index is 2.07. The maximum Gasteiger partial charge on any atom is 0.0348 e. The predicted octanol–water partition coefficient (Wildman–Crippen LogP) is 5.20. The second kappa shape index (κ2) is 5.90. The molecule has 0 radical (unpaired) electrons. The highest BCUT2D eigenvalue weighted by molar-refractivity contribution is 9.10. The van der Waals surface area contributed by atoms with Gasteiger partial charge in [-0.2, -0.15) is 0 Å². The van der Waals surface area contributed by atoms with Gasteiger partial charge in [0.1, 0.15) is 0 Å². The van der Waals surface area contributed by atoms with Crippen LogP contribution in [-0.2, 0) is 0 Å². The molecule has 1 aliphatic rings. The molecule has 1 saturated carbocycles. The molecule has 2 heteroatoms. The zero-order chi connectivity index (χ0) is 12.3. The van der Waals surface area contributed by atoms with Gasteiger partial charge in [0, 0.05) is 16.2 Å². The fraction of sp³-hybridized carbons (Fsp3) is 0.600. The third kappa shape index (κ3) is 3.48. The van der Waals surface area contributed by atoms with Crippen LogP contribution in [0.4, 0.5) is 5.69 Å². The molecule has 0 bridgehead atoms. The van der Waals surface area contributed by atoms with Crippen LogP contribution in [0.1, 0.15) is 49.7 Å². The summed E-state index contributed by atoms with van der Waals surface area (Å²) in [5, 5.41) is 3.71. The van der Waals surface area contributed by atoms with Crippen molar-refractivity contribution in [2.24, 2.45) is 0 Å². The molecule has 94 valence electrons. The van der Waals surface area contributed by atoms with Crippen molar-refractivity contribution in [3.63, 3.8) is 0 Å². The lowest BCUT2D eigenvalue weighted by Crippen LogP contribution is -2.18. The number of halogens is 1. The Hall–Kier alpha value is -0.500. The van der Waals surface area contributed by atoms with Crippen molar-refractivity contribution in [3.05, 3.63) is 27.7 Å². The quantitative estimate of drug-likeness (QED) is 0.740. The third-order valence-corrected chi connectivity index (χ3v) is 4.91. The molecule has 1 aromatic carbocycles. The molecule has 0 atom stereocenters. The molecule has 0 aliphatic heterocycles. The zero-order valence-corrected chi connectivity index (χ0v) is 12.4. The Bertz CT molecular complexity index is 356. The van der Waals surface area contributed by atoms with Gasteiger partial charge in [-0.15, -0.1) is 0 Å². The molecule has 0 unspecified atom stereocenters. The molecule has 1 aliphatic carbocycles. The van der Waals surface area contributed by atoms with Gasteiger partial charge in [-0.1, -0.05) is 41.6 Å². The summed E-state index contributed by atoms with van der Waals surface area (Å²) >= 11 is 3.62. The van der Waals surface area contributed by atoms with Crippen LogP contribution in [0.5, 0.6) is 0 Å². The Morgan fingerprint density at radius 3 is 2.06 bits per heavy atom. The number of anilines is 1. The van der Waals surface area contributed by atoms with E-state index >= 15 is 0 Å². The topological polar surface area (TPSA) is 12.0 Å². The molecule has 1 aromatic rings. The number of rotatable bonds is 2. The van der Waals surface area contributed by atoms with Crippen LogP contribution in [0.15, 0.2) is 16.6 Å². The fourth-order valence-corrected chi connectivity index (χ4v) is 2.92. The zero-order valence-electron chi connectivity index (χ0n) is 10.9. The summed E-state index contributed by atoms with van der Waals surface area (Å²) in [5.74, 6) is 0. The molecule has 1 fully saturated rings. The molecule has 2 rings (SSSR count). The third-order valence-electron chi connectivity index (χ3n) is 3.66. The first kappa shape index (κ1) is 12.9. The average Bonchev–Trinajstić information content (AvgIpc) is 2.54. The summed E-state index contributed by atoms with van der Waals surface area (Å²) < 4.78 is 1.24. The summed E-state index contributed by atoms with van der Waals surface area (Å²) in [4.78, 5) is 0. The van der Waals surface area contributed by atoms with E-state index in [0.29, 0.717) is 6.04 Å². The van der Waals surface area contributed by atoms with E-state index in [1.165, 1.54) is 59.8 Å². The lowest BCUT2D eigenvalue weighted by Gasteiger charge is -2.19. The highest BCUT2D eigenvalue weighted by atomic mass is 79.9. The maximum absolute atomic E-state index is 3.71. The van der Waals surface area contributed by atoms with Crippen molar-refractivity contribution in [1.82, 2.24) is 0 Å². The Morgan fingerprint density at radius 1 is 1.00 bits per heavy atom. The minimum Gasteiger partial charge on any atom is -0.382 e. The second-order valence-corrected chi connectivity index (χ2v) is 6.05. The van der Waals surface area contributed by atoms with Gasteiger partial charge < -0.3 is 5.32 Å². The van der Waals surface area contributed by atoms with E-state index in [0.717, 1.165) is 0 Å². The molecular weight excluding hydrogens is 274 g/mol. The lowest BCUT2D eigenvalue weighted by molar-refractivity contribution is 0.620. The SMILES string of the molecule is Cc1cc(NC2CCCCCC2)cc(C)c1Br.